The monoisotopic (exact) mass is 580 g/mol. The lowest BCUT2D eigenvalue weighted by atomic mass is 9.97. The molecular formula is C29H40N8O3S. The second kappa shape index (κ2) is 11.6. The van der Waals surface area contributed by atoms with Crippen LogP contribution in [0.25, 0.3) is 5.65 Å². The number of amides is 1. The normalized spacial score (nSPS) is 25.8. The third kappa shape index (κ3) is 6.05. The average Bonchev–Trinajstić information content (AvgIpc) is 3.60. The fraction of sp³-hybridized carbons (Fsp3) is 0.552. The van der Waals surface area contributed by atoms with Gasteiger partial charge in [-0.05, 0) is 50.5 Å². The van der Waals surface area contributed by atoms with Crippen LogP contribution >= 0.6 is 0 Å². The Labute approximate surface area is 241 Å². The van der Waals surface area contributed by atoms with Crippen molar-refractivity contribution in [2.45, 2.75) is 63.1 Å². The summed E-state index contributed by atoms with van der Waals surface area (Å²) < 4.78 is 31.1. The van der Waals surface area contributed by atoms with Gasteiger partial charge in [0.25, 0.3) is 0 Å². The fourth-order valence-corrected chi connectivity index (χ4v) is 7.64. The lowest BCUT2D eigenvalue weighted by molar-refractivity contribution is -0.137. The van der Waals surface area contributed by atoms with Crippen molar-refractivity contribution in [3.63, 3.8) is 0 Å². The van der Waals surface area contributed by atoms with Crippen molar-refractivity contribution in [3.05, 3.63) is 53.7 Å². The highest BCUT2D eigenvalue weighted by atomic mass is 32.2. The Balaban J connectivity index is 1.42. The molecule has 5 heterocycles. The Hall–Kier alpha value is -3.22. The largest absolute Gasteiger partial charge is 0.359 e. The SMILES string of the molecule is CN1CCCCS(=O)(=O)NC(Cc2ccccc2)C(=O)N2CCCCC2c2cc3nc(N4CC[C@@H](N)C4)cc1n3n2. The molecule has 3 aliphatic rings. The standard InChI is InChI=1S/C29H40N8O3S/c1-34-13-7-8-16-41(39,40)33-24(17-21-9-3-2-4-10-21)29(38)36-14-6-5-11-25(36)23-18-27-31-26(19-28(34)37(27)32-23)35-15-12-22(30)20-35/h2-4,9-10,18-19,22,24-25,33H,5-8,11-17,20,30H2,1H3/t22-,24?,25?/m1/s1. The number of rotatable bonds is 3. The average molecular weight is 581 g/mol. The molecule has 2 aromatic heterocycles. The lowest BCUT2D eigenvalue weighted by Crippen LogP contribution is -2.52. The first-order chi connectivity index (χ1) is 19.8. The van der Waals surface area contributed by atoms with Gasteiger partial charge in [-0.1, -0.05) is 30.3 Å². The number of nitrogens with two attached hydrogens (primary N) is 1. The van der Waals surface area contributed by atoms with Crippen molar-refractivity contribution < 1.29 is 13.2 Å². The van der Waals surface area contributed by atoms with Crippen LogP contribution in [0.1, 0.15) is 55.8 Å². The van der Waals surface area contributed by atoms with Gasteiger partial charge in [0.15, 0.2) is 5.65 Å². The molecule has 2 saturated heterocycles. The van der Waals surface area contributed by atoms with Crippen molar-refractivity contribution in [2.24, 2.45) is 5.73 Å². The van der Waals surface area contributed by atoms with E-state index in [2.05, 4.69) is 20.6 Å². The van der Waals surface area contributed by atoms with Crippen LogP contribution < -0.4 is 20.3 Å². The zero-order chi connectivity index (χ0) is 28.6. The molecule has 0 radical (unpaired) electrons. The zero-order valence-electron chi connectivity index (χ0n) is 23.7. The van der Waals surface area contributed by atoms with Gasteiger partial charge in [0, 0.05) is 51.4 Å². The van der Waals surface area contributed by atoms with Crippen molar-refractivity contribution in [1.82, 2.24) is 24.2 Å². The Morgan fingerprint density at radius 2 is 1.83 bits per heavy atom. The van der Waals surface area contributed by atoms with E-state index in [0.29, 0.717) is 32.4 Å². The van der Waals surface area contributed by atoms with Crippen LogP contribution in [0, 0.1) is 0 Å². The van der Waals surface area contributed by atoms with E-state index in [9.17, 15) is 13.2 Å². The minimum Gasteiger partial charge on any atom is -0.359 e. The summed E-state index contributed by atoms with van der Waals surface area (Å²) >= 11 is 0. The fourth-order valence-electron chi connectivity index (χ4n) is 6.32. The summed E-state index contributed by atoms with van der Waals surface area (Å²) in [7, 11) is -1.66. The maximum absolute atomic E-state index is 14.2. The topological polar surface area (TPSA) is 129 Å². The van der Waals surface area contributed by atoms with Crippen molar-refractivity contribution in [2.75, 3.05) is 48.8 Å². The van der Waals surface area contributed by atoms with Gasteiger partial charge in [0.2, 0.25) is 15.9 Å². The molecule has 2 fully saturated rings. The number of hydrogen-bond donors (Lipinski definition) is 2. The second-order valence-electron chi connectivity index (χ2n) is 11.7. The van der Waals surface area contributed by atoms with Gasteiger partial charge in [0.1, 0.15) is 17.7 Å². The molecule has 3 N–H and O–H groups in total. The van der Waals surface area contributed by atoms with Gasteiger partial charge >= 0.3 is 0 Å². The zero-order valence-corrected chi connectivity index (χ0v) is 24.5. The van der Waals surface area contributed by atoms with Crippen LogP contribution in [0.4, 0.5) is 11.6 Å². The van der Waals surface area contributed by atoms with Crippen molar-refractivity contribution >= 4 is 33.2 Å². The lowest BCUT2D eigenvalue weighted by Gasteiger charge is -2.37. The number of sulfonamides is 1. The molecule has 0 spiro atoms. The Bertz CT molecular complexity index is 1490. The van der Waals surface area contributed by atoms with E-state index in [0.717, 1.165) is 67.3 Å². The summed E-state index contributed by atoms with van der Waals surface area (Å²) in [6.45, 7) is 2.82. The highest BCUT2D eigenvalue weighted by Crippen LogP contribution is 2.33. The minimum atomic E-state index is -3.67. The van der Waals surface area contributed by atoms with E-state index >= 15 is 0 Å². The quantitative estimate of drug-likeness (QED) is 0.482. The van der Waals surface area contributed by atoms with Crippen LogP contribution in [0.3, 0.4) is 0 Å². The van der Waals surface area contributed by atoms with E-state index in [1.54, 1.807) is 0 Å². The number of carbonyl (C=O) groups is 1. The van der Waals surface area contributed by atoms with Crippen LogP contribution in [0.2, 0.25) is 0 Å². The first kappa shape index (κ1) is 27.9. The third-order valence-corrected chi connectivity index (χ3v) is 10.0. The maximum Gasteiger partial charge on any atom is 0.241 e. The molecule has 1 aromatic carbocycles. The van der Waals surface area contributed by atoms with E-state index in [-0.39, 0.29) is 23.7 Å². The molecule has 3 aromatic rings. The van der Waals surface area contributed by atoms with Gasteiger partial charge in [-0.3, -0.25) is 4.79 Å². The number of nitrogens with one attached hydrogen (secondary N) is 1. The molecule has 3 aliphatic heterocycles. The molecule has 1 amide bonds. The molecular weight excluding hydrogens is 540 g/mol. The van der Waals surface area contributed by atoms with Crippen LogP contribution in [-0.4, -0.2) is 84.9 Å². The Kier molecular flexibility index (Phi) is 7.88. The number of anilines is 2. The molecule has 2 bridgehead atoms. The molecule has 6 rings (SSSR count). The molecule has 2 unspecified atom stereocenters. The summed E-state index contributed by atoms with van der Waals surface area (Å²) in [5.41, 5.74) is 8.65. The van der Waals surface area contributed by atoms with Crippen LogP contribution in [0.5, 0.6) is 0 Å². The van der Waals surface area contributed by atoms with Gasteiger partial charge < -0.3 is 20.4 Å². The molecule has 3 atom stereocenters. The van der Waals surface area contributed by atoms with Gasteiger partial charge in [0.05, 0.1) is 17.5 Å². The number of nitrogens with zero attached hydrogens (tertiary/aromatic N) is 6. The van der Waals surface area contributed by atoms with Gasteiger partial charge in [-0.15, -0.1) is 0 Å². The first-order valence-corrected chi connectivity index (χ1v) is 16.4. The molecule has 12 heteroatoms. The number of hydrogen-bond acceptors (Lipinski definition) is 8. The molecule has 11 nitrogen and oxygen atoms in total. The summed E-state index contributed by atoms with van der Waals surface area (Å²) in [6, 6.07) is 12.6. The predicted octanol–water partition coefficient (Wildman–Crippen LogP) is 2.08. The van der Waals surface area contributed by atoms with Crippen LogP contribution in [-0.2, 0) is 21.2 Å². The van der Waals surface area contributed by atoms with E-state index in [1.807, 2.05) is 52.9 Å². The number of fused-ring (bicyclic) bond motifs is 3. The summed E-state index contributed by atoms with van der Waals surface area (Å²) in [4.78, 5) is 25.3. The summed E-state index contributed by atoms with van der Waals surface area (Å²) in [5.74, 6) is 1.53. The smallest absolute Gasteiger partial charge is 0.241 e. The predicted molar refractivity (Wildman–Crippen MR) is 159 cm³/mol. The molecule has 220 valence electrons. The molecule has 0 saturated carbocycles. The molecule has 41 heavy (non-hydrogen) atoms. The second-order valence-corrected chi connectivity index (χ2v) is 13.5. The van der Waals surface area contributed by atoms with Crippen molar-refractivity contribution in [1.29, 1.82) is 0 Å². The summed E-state index contributed by atoms with van der Waals surface area (Å²) in [6.07, 6.45) is 4.97. The maximum atomic E-state index is 14.2. The van der Waals surface area contributed by atoms with Crippen molar-refractivity contribution in [3.8, 4) is 0 Å². The van der Waals surface area contributed by atoms with Gasteiger partial charge in [-0.2, -0.15) is 9.61 Å². The summed E-state index contributed by atoms with van der Waals surface area (Å²) in [5, 5.41) is 5.03. The van der Waals surface area contributed by atoms with E-state index in [1.165, 1.54) is 0 Å². The van der Waals surface area contributed by atoms with E-state index < -0.39 is 16.1 Å². The Morgan fingerprint density at radius 1 is 1.02 bits per heavy atom. The number of carbonyl (C=O) groups excluding carboxylic acids is 1. The number of aromatic nitrogens is 3. The van der Waals surface area contributed by atoms with Gasteiger partial charge in [-0.25, -0.2) is 18.1 Å². The highest BCUT2D eigenvalue weighted by Gasteiger charge is 2.36. The minimum absolute atomic E-state index is 0.0309. The van der Waals surface area contributed by atoms with E-state index in [4.69, 9.17) is 15.8 Å². The Morgan fingerprint density at radius 3 is 2.61 bits per heavy atom. The third-order valence-electron chi connectivity index (χ3n) is 8.54. The van der Waals surface area contributed by atoms with Crippen LogP contribution in [0.15, 0.2) is 42.5 Å². The number of piperidine rings is 1. The first-order valence-electron chi connectivity index (χ1n) is 14.7. The highest BCUT2D eigenvalue weighted by molar-refractivity contribution is 7.89. The molecule has 0 aliphatic carbocycles. The number of benzene rings is 1.